The molecule has 1 saturated heterocycles. The summed E-state index contributed by atoms with van der Waals surface area (Å²) in [5.74, 6) is -0.585. The Morgan fingerprint density at radius 1 is 1.14 bits per heavy atom. The summed E-state index contributed by atoms with van der Waals surface area (Å²) in [7, 11) is -3.69. The van der Waals surface area contributed by atoms with Gasteiger partial charge in [0.2, 0.25) is 10.0 Å². The van der Waals surface area contributed by atoms with Gasteiger partial charge in [0.1, 0.15) is 10.5 Å². The Morgan fingerprint density at radius 3 is 2.27 bits per heavy atom. The number of hydrogen-bond acceptors (Lipinski definition) is 4. The van der Waals surface area contributed by atoms with Crippen LogP contribution in [0, 0.1) is 13.8 Å². The number of esters is 1. The van der Waals surface area contributed by atoms with Gasteiger partial charge in [0.05, 0.1) is 6.61 Å². The van der Waals surface area contributed by atoms with Gasteiger partial charge in [-0.25, -0.2) is 13.2 Å². The maximum absolute atomic E-state index is 13.0. The first-order chi connectivity index (χ1) is 10.4. The molecule has 1 aromatic heterocycles. The van der Waals surface area contributed by atoms with E-state index in [4.69, 9.17) is 4.74 Å². The van der Waals surface area contributed by atoms with Crippen molar-refractivity contribution in [2.24, 2.45) is 0 Å². The maximum Gasteiger partial charge on any atom is 0.341 e. The summed E-state index contributed by atoms with van der Waals surface area (Å²) in [6, 6.07) is 0. The molecule has 0 aliphatic carbocycles. The molecule has 0 spiro atoms. The summed E-state index contributed by atoms with van der Waals surface area (Å²) in [5, 5.41) is 0. The lowest BCUT2D eigenvalue weighted by atomic mass is 10.2. The number of H-pyrrole nitrogens is 1. The number of hydrogen-bond donors (Lipinski definition) is 1. The highest BCUT2D eigenvalue weighted by atomic mass is 32.2. The monoisotopic (exact) mass is 328 g/mol. The fraction of sp³-hybridized carbons (Fsp3) is 0.667. The van der Waals surface area contributed by atoms with Crippen molar-refractivity contribution in [1.82, 2.24) is 9.29 Å². The zero-order valence-electron chi connectivity index (χ0n) is 13.4. The van der Waals surface area contributed by atoms with Gasteiger partial charge in [-0.05, 0) is 33.6 Å². The Balaban J connectivity index is 2.48. The van der Waals surface area contributed by atoms with E-state index >= 15 is 0 Å². The van der Waals surface area contributed by atoms with E-state index in [-0.39, 0.29) is 17.1 Å². The Morgan fingerprint density at radius 2 is 1.73 bits per heavy atom. The minimum Gasteiger partial charge on any atom is -0.462 e. The number of aryl methyl sites for hydroxylation is 2. The molecule has 124 valence electrons. The van der Waals surface area contributed by atoms with Crippen LogP contribution in [0.3, 0.4) is 0 Å². The number of sulfonamides is 1. The SMILES string of the molecule is CCOC(=O)c1c(C)[nH]c(C)c1S(=O)(=O)N1CCCCCC1. The van der Waals surface area contributed by atoms with Crippen molar-refractivity contribution >= 4 is 16.0 Å². The average molecular weight is 328 g/mol. The van der Waals surface area contributed by atoms with Crippen LogP contribution >= 0.6 is 0 Å². The van der Waals surface area contributed by atoms with Crippen molar-refractivity contribution in [3.8, 4) is 0 Å². The maximum atomic E-state index is 13.0. The second-order valence-electron chi connectivity index (χ2n) is 5.62. The molecule has 0 aromatic carbocycles. The van der Waals surface area contributed by atoms with Gasteiger partial charge in [-0.1, -0.05) is 12.8 Å². The molecular weight excluding hydrogens is 304 g/mol. The third-order valence-electron chi connectivity index (χ3n) is 3.96. The summed E-state index contributed by atoms with van der Waals surface area (Å²) >= 11 is 0. The number of nitrogens with one attached hydrogen (secondary N) is 1. The summed E-state index contributed by atoms with van der Waals surface area (Å²) in [5.41, 5.74) is 1.16. The van der Waals surface area contributed by atoms with Crippen molar-refractivity contribution in [3.63, 3.8) is 0 Å². The minimum absolute atomic E-state index is 0.0744. The van der Waals surface area contributed by atoms with Crippen LogP contribution in [-0.4, -0.2) is 43.4 Å². The standard InChI is InChI=1S/C15H24N2O4S/c1-4-21-15(18)13-11(2)16-12(3)14(13)22(19,20)17-9-7-5-6-8-10-17/h16H,4-10H2,1-3H3. The molecule has 1 aliphatic heterocycles. The Labute approximate surface area is 131 Å². The first kappa shape index (κ1) is 17.0. The van der Waals surface area contributed by atoms with Gasteiger partial charge < -0.3 is 9.72 Å². The fourth-order valence-corrected chi connectivity index (χ4v) is 4.87. The van der Waals surface area contributed by atoms with Gasteiger partial charge in [0.15, 0.2) is 0 Å². The predicted octanol–water partition coefficient (Wildman–Crippen LogP) is 2.37. The smallest absolute Gasteiger partial charge is 0.341 e. The molecule has 0 unspecified atom stereocenters. The van der Waals surface area contributed by atoms with Gasteiger partial charge in [0, 0.05) is 24.5 Å². The summed E-state index contributed by atoms with van der Waals surface area (Å²) < 4.78 is 32.5. The lowest BCUT2D eigenvalue weighted by Gasteiger charge is -2.20. The molecule has 2 heterocycles. The van der Waals surface area contributed by atoms with E-state index in [0.29, 0.717) is 24.5 Å². The van der Waals surface area contributed by atoms with E-state index in [2.05, 4.69) is 4.98 Å². The van der Waals surface area contributed by atoms with Crippen molar-refractivity contribution in [1.29, 1.82) is 0 Å². The lowest BCUT2D eigenvalue weighted by molar-refractivity contribution is 0.0521. The Kier molecular flexibility index (Phi) is 5.28. The first-order valence-corrected chi connectivity index (χ1v) is 9.20. The molecule has 22 heavy (non-hydrogen) atoms. The average Bonchev–Trinajstić information content (AvgIpc) is 2.66. The molecule has 1 aliphatic rings. The highest BCUT2D eigenvalue weighted by molar-refractivity contribution is 7.89. The second-order valence-corrected chi connectivity index (χ2v) is 7.49. The van der Waals surface area contributed by atoms with Gasteiger partial charge in [0.25, 0.3) is 0 Å². The van der Waals surface area contributed by atoms with Crippen LogP contribution in [0.1, 0.15) is 54.4 Å². The molecule has 0 radical (unpaired) electrons. The van der Waals surface area contributed by atoms with Crippen LogP contribution in [0.5, 0.6) is 0 Å². The van der Waals surface area contributed by atoms with Crippen LogP contribution in [0.25, 0.3) is 0 Å². The summed E-state index contributed by atoms with van der Waals surface area (Å²) in [4.78, 5) is 15.2. The van der Waals surface area contributed by atoms with E-state index in [0.717, 1.165) is 25.7 Å². The zero-order valence-corrected chi connectivity index (χ0v) is 14.3. The zero-order chi connectivity index (χ0) is 16.3. The molecule has 0 bridgehead atoms. The lowest BCUT2D eigenvalue weighted by Crippen LogP contribution is -2.33. The third kappa shape index (κ3) is 3.20. The van der Waals surface area contributed by atoms with Gasteiger partial charge in [-0.15, -0.1) is 0 Å². The normalized spacial score (nSPS) is 17.2. The second kappa shape index (κ2) is 6.83. The van der Waals surface area contributed by atoms with Gasteiger partial charge in [-0.3, -0.25) is 0 Å². The number of aromatic nitrogens is 1. The minimum atomic E-state index is -3.69. The van der Waals surface area contributed by atoms with Crippen molar-refractivity contribution in [3.05, 3.63) is 17.0 Å². The van der Waals surface area contributed by atoms with Gasteiger partial charge in [-0.2, -0.15) is 4.31 Å². The molecule has 6 nitrogen and oxygen atoms in total. The first-order valence-electron chi connectivity index (χ1n) is 7.76. The Bertz CT molecular complexity index is 641. The summed E-state index contributed by atoms with van der Waals surface area (Å²) in [6.45, 7) is 6.31. The molecule has 1 aromatic rings. The number of carbonyl (C=O) groups excluding carboxylic acids is 1. The largest absolute Gasteiger partial charge is 0.462 e. The molecule has 1 N–H and O–H groups in total. The topological polar surface area (TPSA) is 79.5 Å². The van der Waals surface area contributed by atoms with E-state index < -0.39 is 16.0 Å². The molecule has 7 heteroatoms. The highest BCUT2D eigenvalue weighted by Crippen LogP contribution is 2.29. The van der Waals surface area contributed by atoms with Crippen LogP contribution in [0.4, 0.5) is 0 Å². The molecule has 2 rings (SSSR count). The van der Waals surface area contributed by atoms with E-state index in [1.807, 2.05) is 0 Å². The molecule has 0 saturated carbocycles. The van der Waals surface area contributed by atoms with Crippen molar-refractivity contribution in [2.75, 3.05) is 19.7 Å². The number of rotatable bonds is 4. The van der Waals surface area contributed by atoms with Crippen LogP contribution < -0.4 is 0 Å². The van der Waals surface area contributed by atoms with Crippen LogP contribution in [0.15, 0.2) is 4.90 Å². The van der Waals surface area contributed by atoms with Crippen LogP contribution in [0.2, 0.25) is 0 Å². The number of ether oxygens (including phenoxy) is 1. The summed E-state index contributed by atoms with van der Waals surface area (Å²) in [6.07, 6.45) is 3.80. The van der Waals surface area contributed by atoms with Crippen molar-refractivity contribution < 1.29 is 17.9 Å². The van der Waals surface area contributed by atoms with E-state index in [1.54, 1.807) is 20.8 Å². The number of nitrogens with zero attached hydrogens (tertiary/aromatic N) is 1. The molecule has 0 atom stereocenters. The predicted molar refractivity (Wildman–Crippen MR) is 83.5 cm³/mol. The van der Waals surface area contributed by atoms with Crippen molar-refractivity contribution in [2.45, 2.75) is 51.3 Å². The van der Waals surface area contributed by atoms with Crippen LogP contribution in [-0.2, 0) is 14.8 Å². The quantitative estimate of drug-likeness (QED) is 0.861. The molecular formula is C15H24N2O4S. The third-order valence-corrected chi connectivity index (χ3v) is 6.03. The number of aromatic amines is 1. The molecule has 0 amide bonds. The van der Waals surface area contributed by atoms with E-state index in [1.165, 1.54) is 4.31 Å². The Hall–Kier alpha value is -1.34. The molecule has 1 fully saturated rings. The fourth-order valence-electron chi connectivity index (χ4n) is 2.94. The van der Waals surface area contributed by atoms with E-state index in [9.17, 15) is 13.2 Å². The highest BCUT2D eigenvalue weighted by Gasteiger charge is 2.34. The van der Waals surface area contributed by atoms with Gasteiger partial charge >= 0.3 is 5.97 Å². The number of carbonyl (C=O) groups is 1.